The van der Waals surface area contributed by atoms with Crippen LogP contribution in [0.2, 0.25) is 0 Å². The third kappa shape index (κ3) is 3.00. The summed E-state index contributed by atoms with van der Waals surface area (Å²) < 4.78 is 5.33. The van der Waals surface area contributed by atoms with E-state index in [0.717, 1.165) is 42.4 Å². The van der Waals surface area contributed by atoms with Gasteiger partial charge in [0.05, 0.1) is 12.2 Å². The summed E-state index contributed by atoms with van der Waals surface area (Å²) in [6.07, 6.45) is 12.6. The summed E-state index contributed by atoms with van der Waals surface area (Å²) in [5.41, 5.74) is 0.734. The van der Waals surface area contributed by atoms with Gasteiger partial charge in [0, 0.05) is 30.7 Å². The van der Waals surface area contributed by atoms with Crippen LogP contribution in [0.25, 0.3) is 17.6 Å². The van der Waals surface area contributed by atoms with Gasteiger partial charge in [-0.2, -0.15) is 4.98 Å². The maximum atomic E-state index is 12.4. The Balaban J connectivity index is 1.54. The molecule has 0 spiro atoms. The molecule has 0 bridgehead atoms. The van der Waals surface area contributed by atoms with Gasteiger partial charge in [0.1, 0.15) is 11.5 Å². The van der Waals surface area contributed by atoms with E-state index in [9.17, 15) is 4.79 Å². The van der Waals surface area contributed by atoms with Crippen LogP contribution in [-0.2, 0) is 0 Å². The van der Waals surface area contributed by atoms with Crippen LogP contribution in [0.3, 0.4) is 0 Å². The average molecular weight is 444 g/mol. The van der Waals surface area contributed by atoms with Gasteiger partial charge in [0.25, 0.3) is 5.56 Å². The molecule has 5 heterocycles. The van der Waals surface area contributed by atoms with Gasteiger partial charge in [-0.1, -0.05) is 25.8 Å². The molecular weight excluding hydrogens is 418 g/mol. The van der Waals surface area contributed by atoms with Gasteiger partial charge < -0.3 is 4.90 Å². The van der Waals surface area contributed by atoms with Crippen molar-refractivity contribution in [3.63, 3.8) is 0 Å². The van der Waals surface area contributed by atoms with Crippen LogP contribution in [0.1, 0.15) is 56.7 Å². The minimum absolute atomic E-state index is 0.101. The highest BCUT2D eigenvalue weighted by Gasteiger charge is 2.39. The molecule has 0 N–H and O–H groups in total. The number of hydrogen-bond donors (Lipinski definition) is 0. The number of fused-ring (bicyclic) bond motifs is 3. The van der Waals surface area contributed by atoms with Gasteiger partial charge in [-0.05, 0) is 32.3 Å². The number of nitrogens with zero attached hydrogens (tertiary/aromatic N) is 9. The number of imidazole rings is 1. The third-order valence-electron chi connectivity index (χ3n) is 6.69. The van der Waals surface area contributed by atoms with Crippen molar-refractivity contribution in [2.45, 2.75) is 58.0 Å². The van der Waals surface area contributed by atoms with Crippen molar-refractivity contribution in [2.75, 3.05) is 4.90 Å². The lowest BCUT2D eigenvalue weighted by atomic mass is 10.0. The van der Waals surface area contributed by atoms with Crippen molar-refractivity contribution in [3.8, 4) is 17.6 Å². The summed E-state index contributed by atoms with van der Waals surface area (Å²) in [6, 6.07) is 5.53. The molecule has 4 aromatic rings. The molecule has 2 aliphatic rings. The lowest BCUT2D eigenvalue weighted by Gasteiger charge is -2.41. The summed E-state index contributed by atoms with van der Waals surface area (Å²) in [4.78, 5) is 29.0. The Morgan fingerprint density at radius 2 is 1.91 bits per heavy atom. The van der Waals surface area contributed by atoms with Crippen molar-refractivity contribution < 1.29 is 0 Å². The zero-order chi connectivity index (χ0) is 22.5. The highest BCUT2D eigenvalue weighted by Crippen LogP contribution is 2.43. The Kier molecular flexibility index (Phi) is 4.60. The first-order valence-electron chi connectivity index (χ1n) is 11.5. The van der Waals surface area contributed by atoms with Gasteiger partial charge in [0.15, 0.2) is 11.6 Å². The van der Waals surface area contributed by atoms with Crippen molar-refractivity contribution in [3.05, 3.63) is 65.0 Å². The topological polar surface area (TPSA) is 99.5 Å². The Morgan fingerprint density at radius 3 is 2.70 bits per heavy atom. The smallest absolute Gasteiger partial charge is 0.257 e. The first kappa shape index (κ1) is 19.8. The van der Waals surface area contributed by atoms with E-state index >= 15 is 0 Å². The highest BCUT2D eigenvalue weighted by atomic mass is 16.1. The van der Waals surface area contributed by atoms with Crippen molar-refractivity contribution in [2.24, 2.45) is 0 Å². The molecule has 1 unspecified atom stereocenters. The quantitative estimate of drug-likeness (QED) is 0.478. The molecule has 1 aliphatic carbocycles. The molecular formula is C23H25N9O. The van der Waals surface area contributed by atoms with Crippen molar-refractivity contribution in [1.29, 1.82) is 0 Å². The molecule has 6 rings (SSSR count). The number of hydrogen-bond acceptors (Lipinski definition) is 7. The monoisotopic (exact) mass is 443 g/mol. The zero-order valence-electron chi connectivity index (χ0n) is 18.7. The molecule has 10 nitrogen and oxygen atoms in total. The Labute approximate surface area is 190 Å². The first-order chi connectivity index (χ1) is 16.2. The van der Waals surface area contributed by atoms with E-state index in [0.29, 0.717) is 17.9 Å². The van der Waals surface area contributed by atoms with E-state index in [-0.39, 0.29) is 11.6 Å². The summed E-state index contributed by atoms with van der Waals surface area (Å²) >= 11 is 0. The normalized spacial score (nSPS) is 17.9. The predicted octanol–water partition coefficient (Wildman–Crippen LogP) is 2.92. The van der Waals surface area contributed by atoms with E-state index in [1.165, 1.54) is 23.5 Å². The Hall–Kier alpha value is -3.82. The predicted molar refractivity (Wildman–Crippen MR) is 122 cm³/mol. The lowest BCUT2D eigenvalue weighted by molar-refractivity contribution is 0.467. The van der Waals surface area contributed by atoms with Crippen LogP contribution in [0, 0.1) is 6.92 Å². The molecule has 0 amide bonds. The number of anilines is 1. The Bertz CT molecular complexity index is 1380. The van der Waals surface area contributed by atoms with Gasteiger partial charge in [-0.25, -0.2) is 9.97 Å². The van der Waals surface area contributed by atoms with Gasteiger partial charge in [0.2, 0.25) is 11.9 Å². The number of aromatic nitrogens is 8. The zero-order valence-corrected chi connectivity index (χ0v) is 18.7. The minimum Gasteiger partial charge on any atom is -0.341 e. The second-order valence-electron chi connectivity index (χ2n) is 8.60. The second kappa shape index (κ2) is 7.65. The first-order valence-corrected chi connectivity index (χ1v) is 11.5. The third-order valence-corrected chi connectivity index (χ3v) is 6.69. The summed E-state index contributed by atoms with van der Waals surface area (Å²) in [5, 5.41) is 8.90. The standard InChI is InChI=1S/C23H25N9O/c1-3-17-21-28-27-15(2)31(21)18-14-25-22(26-20(18)32(17)16-8-4-5-9-16)30-13-11-24-23(30)29-12-7-6-10-19(29)33/h6-7,10-14,16-17H,3-5,8-9H2,1-2H3. The summed E-state index contributed by atoms with van der Waals surface area (Å²) in [5.74, 6) is 3.59. The molecule has 33 heavy (non-hydrogen) atoms. The van der Waals surface area contributed by atoms with Gasteiger partial charge >= 0.3 is 0 Å². The molecule has 4 aromatic heterocycles. The molecule has 0 radical (unpaired) electrons. The van der Waals surface area contributed by atoms with Crippen LogP contribution in [0.15, 0.2) is 47.8 Å². The van der Waals surface area contributed by atoms with Crippen LogP contribution < -0.4 is 10.5 Å². The molecule has 0 aromatic carbocycles. The molecule has 1 atom stereocenters. The summed E-state index contributed by atoms with van der Waals surface area (Å²) in [6.45, 7) is 4.14. The van der Waals surface area contributed by atoms with Gasteiger partial charge in [-0.15, -0.1) is 10.2 Å². The van der Waals surface area contributed by atoms with Crippen molar-refractivity contribution >= 4 is 5.82 Å². The van der Waals surface area contributed by atoms with Crippen LogP contribution in [0.5, 0.6) is 0 Å². The Morgan fingerprint density at radius 1 is 1.06 bits per heavy atom. The fourth-order valence-electron chi connectivity index (χ4n) is 5.20. The number of rotatable bonds is 4. The van der Waals surface area contributed by atoms with Crippen LogP contribution in [0.4, 0.5) is 5.82 Å². The van der Waals surface area contributed by atoms with E-state index in [1.807, 2.05) is 13.1 Å². The van der Waals surface area contributed by atoms with Crippen molar-refractivity contribution in [1.82, 2.24) is 38.9 Å². The summed E-state index contributed by atoms with van der Waals surface area (Å²) in [7, 11) is 0. The molecule has 1 fully saturated rings. The molecule has 168 valence electrons. The number of pyridine rings is 1. The van der Waals surface area contributed by atoms with Gasteiger partial charge in [-0.3, -0.25) is 18.5 Å². The fourth-order valence-corrected chi connectivity index (χ4v) is 5.20. The molecule has 10 heteroatoms. The van der Waals surface area contributed by atoms with Crippen LogP contribution in [-0.4, -0.2) is 44.9 Å². The number of aryl methyl sites for hydroxylation is 1. The fraction of sp³-hybridized carbons (Fsp3) is 0.391. The average Bonchev–Trinajstić information content (AvgIpc) is 3.59. The minimum atomic E-state index is -0.161. The maximum Gasteiger partial charge on any atom is 0.257 e. The van der Waals surface area contributed by atoms with E-state index in [1.54, 1.807) is 35.3 Å². The SMILES string of the molecule is CCC1c2nnc(C)n2-c2cnc(-n3ccnc3-n3ccccc3=O)nc2N1C1CCCC1. The van der Waals surface area contributed by atoms with E-state index < -0.39 is 0 Å². The van der Waals surface area contributed by atoms with E-state index in [2.05, 4.69) is 36.6 Å². The largest absolute Gasteiger partial charge is 0.341 e. The van der Waals surface area contributed by atoms with Crippen LogP contribution >= 0.6 is 0 Å². The highest BCUT2D eigenvalue weighted by molar-refractivity contribution is 5.63. The maximum absolute atomic E-state index is 12.4. The molecule has 1 aliphatic heterocycles. The molecule has 1 saturated carbocycles. The lowest BCUT2D eigenvalue weighted by Crippen LogP contribution is -2.42. The van der Waals surface area contributed by atoms with E-state index in [4.69, 9.17) is 4.98 Å². The molecule has 0 saturated heterocycles. The second-order valence-corrected chi connectivity index (χ2v) is 8.60.